The summed E-state index contributed by atoms with van der Waals surface area (Å²) in [6, 6.07) is 48.9. The SMILES string of the molecule is C(#Cc1ccc(C=Cc2cc(C=Cc3ccc(C#Cc4ccccc4)cc3)n(-c3ccccc3)n2)cc1)c1ccccc1. The third kappa shape index (κ3) is 7.56. The first kappa shape index (κ1) is 27.1. The van der Waals surface area contributed by atoms with Gasteiger partial charge in [-0.1, -0.05) is 115 Å². The topological polar surface area (TPSA) is 17.8 Å². The highest BCUT2D eigenvalue weighted by atomic mass is 15.3. The Morgan fingerprint density at radius 3 is 1.33 bits per heavy atom. The number of benzene rings is 5. The Kier molecular flexibility index (Phi) is 8.52. The van der Waals surface area contributed by atoms with Gasteiger partial charge in [0.1, 0.15) is 0 Å². The fourth-order valence-electron chi connectivity index (χ4n) is 4.44. The fourth-order valence-corrected chi connectivity index (χ4v) is 4.44. The van der Waals surface area contributed by atoms with Crippen molar-refractivity contribution in [2.45, 2.75) is 0 Å². The first-order chi connectivity index (χ1) is 21.3. The van der Waals surface area contributed by atoms with Crippen molar-refractivity contribution in [3.05, 3.63) is 190 Å². The molecule has 5 aromatic carbocycles. The molecule has 2 nitrogen and oxygen atoms in total. The van der Waals surface area contributed by atoms with E-state index in [-0.39, 0.29) is 0 Å². The van der Waals surface area contributed by atoms with Gasteiger partial charge in [0.05, 0.1) is 17.1 Å². The molecule has 0 aliphatic rings. The Hall–Kier alpha value is -6.09. The van der Waals surface area contributed by atoms with Crippen molar-refractivity contribution in [3.8, 4) is 29.4 Å². The minimum atomic E-state index is 0.878. The maximum Gasteiger partial charge on any atom is 0.0861 e. The van der Waals surface area contributed by atoms with Crippen molar-refractivity contribution in [1.29, 1.82) is 0 Å². The third-order valence-corrected chi connectivity index (χ3v) is 6.72. The van der Waals surface area contributed by atoms with E-state index in [0.717, 1.165) is 50.5 Å². The van der Waals surface area contributed by atoms with E-state index in [1.54, 1.807) is 0 Å². The van der Waals surface area contributed by atoms with Crippen LogP contribution < -0.4 is 0 Å². The third-order valence-electron chi connectivity index (χ3n) is 6.72. The number of rotatable bonds is 5. The van der Waals surface area contributed by atoms with Crippen LogP contribution in [0, 0.1) is 23.7 Å². The van der Waals surface area contributed by atoms with Crippen molar-refractivity contribution in [3.63, 3.8) is 0 Å². The van der Waals surface area contributed by atoms with E-state index in [9.17, 15) is 0 Å². The van der Waals surface area contributed by atoms with Crippen molar-refractivity contribution in [1.82, 2.24) is 9.78 Å². The molecular weight excluding hydrogens is 520 g/mol. The Labute approximate surface area is 253 Å². The number of hydrogen-bond donors (Lipinski definition) is 0. The summed E-state index contributed by atoms with van der Waals surface area (Å²) in [6.07, 6.45) is 8.33. The zero-order valence-electron chi connectivity index (χ0n) is 23.6. The van der Waals surface area contributed by atoms with Gasteiger partial charge in [-0.25, -0.2) is 4.68 Å². The van der Waals surface area contributed by atoms with E-state index in [4.69, 9.17) is 5.10 Å². The molecule has 0 saturated heterocycles. The van der Waals surface area contributed by atoms with Crippen LogP contribution in [0.25, 0.3) is 30.0 Å². The Bertz CT molecular complexity index is 1970. The molecule has 0 fully saturated rings. The lowest BCUT2D eigenvalue weighted by molar-refractivity contribution is 0.867. The van der Waals surface area contributed by atoms with Crippen LogP contribution in [0.15, 0.2) is 146 Å². The van der Waals surface area contributed by atoms with Crippen LogP contribution >= 0.6 is 0 Å². The van der Waals surface area contributed by atoms with Gasteiger partial charge in [-0.3, -0.25) is 0 Å². The molecule has 202 valence electrons. The molecule has 0 saturated carbocycles. The predicted octanol–water partition coefficient (Wildman–Crippen LogP) is 9.01. The maximum atomic E-state index is 4.89. The molecule has 6 aromatic rings. The quantitative estimate of drug-likeness (QED) is 0.197. The van der Waals surface area contributed by atoms with Gasteiger partial charge in [-0.2, -0.15) is 5.10 Å². The summed E-state index contributed by atoms with van der Waals surface area (Å²) in [5.74, 6) is 12.9. The molecule has 0 N–H and O–H groups in total. The lowest BCUT2D eigenvalue weighted by Crippen LogP contribution is -1.98. The fraction of sp³-hybridized carbons (Fsp3) is 0. The van der Waals surface area contributed by atoms with Crippen LogP contribution in [0.3, 0.4) is 0 Å². The Morgan fingerprint density at radius 1 is 0.419 bits per heavy atom. The van der Waals surface area contributed by atoms with Crippen LogP contribution in [0.2, 0.25) is 0 Å². The molecule has 0 radical (unpaired) electrons. The second-order valence-electron chi connectivity index (χ2n) is 9.88. The van der Waals surface area contributed by atoms with Gasteiger partial charge in [0.15, 0.2) is 0 Å². The minimum Gasteiger partial charge on any atom is -0.233 e. The molecule has 0 amide bonds. The van der Waals surface area contributed by atoms with Gasteiger partial charge in [0.25, 0.3) is 0 Å². The van der Waals surface area contributed by atoms with E-state index in [1.807, 2.05) is 102 Å². The van der Waals surface area contributed by atoms with E-state index in [0.29, 0.717) is 0 Å². The summed E-state index contributed by atoms with van der Waals surface area (Å²) in [6.45, 7) is 0. The summed E-state index contributed by atoms with van der Waals surface area (Å²) >= 11 is 0. The monoisotopic (exact) mass is 548 g/mol. The number of aromatic nitrogens is 2. The molecule has 43 heavy (non-hydrogen) atoms. The number of para-hydroxylation sites is 1. The smallest absolute Gasteiger partial charge is 0.0861 e. The zero-order valence-corrected chi connectivity index (χ0v) is 23.6. The van der Waals surface area contributed by atoms with Crippen molar-refractivity contribution < 1.29 is 0 Å². The summed E-state index contributed by atoms with van der Waals surface area (Å²) in [7, 11) is 0. The summed E-state index contributed by atoms with van der Waals surface area (Å²) in [5.41, 5.74) is 9.05. The predicted molar refractivity (Wildman–Crippen MR) is 179 cm³/mol. The molecule has 1 aromatic heterocycles. The molecule has 0 aliphatic heterocycles. The van der Waals surface area contributed by atoms with Gasteiger partial charge in [0, 0.05) is 22.3 Å². The van der Waals surface area contributed by atoms with Crippen molar-refractivity contribution in [2.75, 3.05) is 0 Å². The molecule has 0 bridgehead atoms. The molecule has 2 heteroatoms. The van der Waals surface area contributed by atoms with E-state index in [2.05, 4.69) is 96.5 Å². The van der Waals surface area contributed by atoms with Crippen molar-refractivity contribution in [2.24, 2.45) is 0 Å². The molecule has 0 aliphatic carbocycles. The Balaban J connectivity index is 1.19. The van der Waals surface area contributed by atoms with E-state index in [1.165, 1.54) is 0 Å². The first-order valence-electron chi connectivity index (χ1n) is 14.1. The van der Waals surface area contributed by atoms with Crippen LogP contribution in [-0.2, 0) is 0 Å². The summed E-state index contributed by atoms with van der Waals surface area (Å²) in [5, 5.41) is 4.89. The van der Waals surface area contributed by atoms with Gasteiger partial charge in [-0.15, -0.1) is 0 Å². The molecule has 6 rings (SSSR count). The van der Waals surface area contributed by atoms with Crippen LogP contribution in [0.4, 0.5) is 0 Å². The van der Waals surface area contributed by atoms with Crippen LogP contribution in [-0.4, -0.2) is 9.78 Å². The highest BCUT2D eigenvalue weighted by Gasteiger charge is 2.06. The summed E-state index contributed by atoms with van der Waals surface area (Å²) < 4.78 is 1.97. The molecular formula is C41H28N2. The van der Waals surface area contributed by atoms with Gasteiger partial charge in [-0.05, 0) is 90.0 Å². The van der Waals surface area contributed by atoms with Crippen LogP contribution in [0.1, 0.15) is 44.8 Å². The molecule has 0 atom stereocenters. The zero-order chi connectivity index (χ0) is 29.1. The van der Waals surface area contributed by atoms with E-state index < -0.39 is 0 Å². The number of nitrogens with zero attached hydrogens (tertiary/aromatic N) is 2. The van der Waals surface area contributed by atoms with Gasteiger partial charge in [0.2, 0.25) is 0 Å². The lowest BCUT2D eigenvalue weighted by Gasteiger charge is -2.04. The second-order valence-corrected chi connectivity index (χ2v) is 9.88. The summed E-state index contributed by atoms with van der Waals surface area (Å²) in [4.78, 5) is 0. The minimum absolute atomic E-state index is 0.878. The highest BCUT2D eigenvalue weighted by molar-refractivity contribution is 5.73. The van der Waals surface area contributed by atoms with E-state index >= 15 is 0 Å². The van der Waals surface area contributed by atoms with Gasteiger partial charge >= 0.3 is 0 Å². The largest absolute Gasteiger partial charge is 0.233 e. The highest BCUT2D eigenvalue weighted by Crippen LogP contribution is 2.18. The molecule has 0 spiro atoms. The average molecular weight is 549 g/mol. The Morgan fingerprint density at radius 2 is 0.837 bits per heavy atom. The second kappa shape index (κ2) is 13.5. The molecule has 0 unspecified atom stereocenters. The normalized spacial score (nSPS) is 10.7. The maximum absolute atomic E-state index is 4.89. The standard InChI is InChI=1S/C41H28N2/c1-4-10-33(11-5-1)16-18-35-20-24-37(25-21-35)28-30-39-32-41(43(42-39)40-14-8-3-9-15-40)31-29-38-26-22-36(23-27-38)19-17-34-12-6-2-7-13-34/h1-15,20-32H. The number of hydrogen-bond acceptors (Lipinski definition) is 1. The van der Waals surface area contributed by atoms with Crippen molar-refractivity contribution >= 4 is 24.3 Å². The van der Waals surface area contributed by atoms with Crippen LogP contribution in [0.5, 0.6) is 0 Å². The molecule has 1 heterocycles. The van der Waals surface area contributed by atoms with Gasteiger partial charge < -0.3 is 0 Å². The lowest BCUT2D eigenvalue weighted by atomic mass is 10.1. The average Bonchev–Trinajstić information content (AvgIpc) is 3.50. The first-order valence-corrected chi connectivity index (χ1v) is 14.1.